The number of methoxy groups -OCH3 is 1. The largest absolute Gasteiger partial charge is 0.495 e. The van der Waals surface area contributed by atoms with Gasteiger partial charge in [-0.25, -0.2) is 4.98 Å². The third-order valence-electron chi connectivity index (χ3n) is 5.51. The standard InChI is InChI=1S/C27H22N6O/c1-16-12-18(6-5-11-28)13-17(2)24(16)21-7-4-8-22-25(21)32-27(33-26(22)30)31-20-10-9-19(15-29)23(14-20)34-3/h4-10,12-14H,1-3H3,(H3,30,31,32,33). The van der Waals surface area contributed by atoms with Gasteiger partial charge in [0.25, 0.3) is 0 Å². The van der Waals surface area contributed by atoms with Crippen molar-refractivity contribution in [3.05, 3.63) is 76.9 Å². The minimum Gasteiger partial charge on any atom is -0.495 e. The molecule has 0 saturated carbocycles. The van der Waals surface area contributed by atoms with E-state index < -0.39 is 0 Å². The summed E-state index contributed by atoms with van der Waals surface area (Å²) in [6, 6.07) is 19.2. The Balaban J connectivity index is 1.83. The molecule has 7 nitrogen and oxygen atoms in total. The molecule has 4 rings (SSSR count). The number of nitrogen functional groups attached to an aromatic ring is 1. The molecule has 7 heteroatoms. The molecule has 34 heavy (non-hydrogen) atoms. The van der Waals surface area contributed by atoms with Crippen LogP contribution in [-0.4, -0.2) is 17.1 Å². The molecule has 0 saturated heterocycles. The van der Waals surface area contributed by atoms with E-state index in [1.54, 1.807) is 24.3 Å². The second-order valence-corrected chi connectivity index (χ2v) is 7.78. The van der Waals surface area contributed by atoms with Crippen LogP contribution in [0.5, 0.6) is 5.75 Å². The third kappa shape index (κ3) is 4.23. The van der Waals surface area contributed by atoms with Crippen molar-refractivity contribution in [2.45, 2.75) is 13.8 Å². The Morgan fingerprint density at radius 3 is 2.47 bits per heavy atom. The lowest BCUT2D eigenvalue weighted by molar-refractivity contribution is 0.413. The van der Waals surface area contributed by atoms with E-state index in [1.165, 1.54) is 13.2 Å². The average molecular weight is 447 g/mol. The Morgan fingerprint density at radius 1 is 1.03 bits per heavy atom. The van der Waals surface area contributed by atoms with Gasteiger partial charge in [-0.1, -0.05) is 24.3 Å². The molecule has 1 aromatic heterocycles. The van der Waals surface area contributed by atoms with Crippen molar-refractivity contribution in [2.75, 3.05) is 18.2 Å². The van der Waals surface area contributed by atoms with Crippen LogP contribution in [-0.2, 0) is 0 Å². The van der Waals surface area contributed by atoms with Gasteiger partial charge in [0.1, 0.15) is 17.6 Å². The molecule has 0 spiro atoms. The van der Waals surface area contributed by atoms with Crippen molar-refractivity contribution in [3.63, 3.8) is 0 Å². The quantitative estimate of drug-likeness (QED) is 0.380. The molecule has 1 heterocycles. The fourth-order valence-electron chi connectivity index (χ4n) is 4.08. The number of nitrogens with one attached hydrogen (secondary N) is 1. The van der Waals surface area contributed by atoms with Crippen molar-refractivity contribution in [1.82, 2.24) is 9.97 Å². The summed E-state index contributed by atoms with van der Waals surface area (Å²) in [7, 11) is 1.52. The van der Waals surface area contributed by atoms with Gasteiger partial charge in [-0.2, -0.15) is 15.5 Å². The van der Waals surface area contributed by atoms with Gasteiger partial charge in [0, 0.05) is 28.8 Å². The monoisotopic (exact) mass is 446 g/mol. The van der Waals surface area contributed by atoms with E-state index in [2.05, 4.69) is 16.4 Å². The maximum Gasteiger partial charge on any atom is 0.229 e. The number of nitrogens with zero attached hydrogens (tertiary/aromatic N) is 4. The fourth-order valence-corrected chi connectivity index (χ4v) is 4.08. The third-order valence-corrected chi connectivity index (χ3v) is 5.51. The molecule has 0 aliphatic rings. The zero-order valence-corrected chi connectivity index (χ0v) is 19.0. The first kappa shape index (κ1) is 22.3. The highest BCUT2D eigenvalue weighted by Crippen LogP contribution is 2.35. The summed E-state index contributed by atoms with van der Waals surface area (Å²) in [5.41, 5.74) is 13.2. The molecule has 166 valence electrons. The van der Waals surface area contributed by atoms with Crippen molar-refractivity contribution in [1.29, 1.82) is 10.5 Å². The van der Waals surface area contributed by atoms with Crippen LogP contribution in [0.25, 0.3) is 28.1 Å². The molecule has 0 amide bonds. The summed E-state index contributed by atoms with van der Waals surface area (Å²) in [5, 5.41) is 22.0. The molecule has 4 aromatic rings. The molecule has 0 aliphatic carbocycles. The number of aryl methyl sites for hydroxylation is 2. The fraction of sp³-hybridized carbons (Fsp3) is 0.111. The Hall–Kier alpha value is -4.88. The van der Waals surface area contributed by atoms with Crippen molar-refractivity contribution in [2.24, 2.45) is 0 Å². The molecule has 0 unspecified atom stereocenters. The van der Waals surface area contributed by atoms with Crippen LogP contribution in [0.1, 0.15) is 22.3 Å². The molecule has 3 aromatic carbocycles. The highest BCUT2D eigenvalue weighted by atomic mass is 16.5. The summed E-state index contributed by atoms with van der Waals surface area (Å²) < 4.78 is 5.30. The van der Waals surface area contributed by atoms with Gasteiger partial charge in [0.2, 0.25) is 5.95 Å². The van der Waals surface area contributed by atoms with Crippen LogP contribution < -0.4 is 15.8 Å². The van der Waals surface area contributed by atoms with Crippen LogP contribution in [0.4, 0.5) is 17.5 Å². The molecule has 0 radical (unpaired) electrons. The zero-order valence-electron chi connectivity index (χ0n) is 19.0. The number of fused-ring (bicyclic) bond motifs is 1. The van der Waals surface area contributed by atoms with Crippen LogP contribution in [0.3, 0.4) is 0 Å². The lowest BCUT2D eigenvalue weighted by atomic mass is 9.92. The summed E-state index contributed by atoms with van der Waals surface area (Å²) in [6.45, 7) is 4.08. The number of rotatable bonds is 5. The smallest absolute Gasteiger partial charge is 0.229 e. The molecule has 0 bridgehead atoms. The summed E-state index contributed by atoms with van der Waals surface area (Å²) in [4.78, 5) is 9.23. The highest BCUT2D eigenvalue weighted by Gasteiger charge is 2.15. The van der Waals surface area contributed by atoms with Gasteiger partial charge in [0.15, 0.2) is 0 Å². The van der Waals surface area contributed by atoms with Gasteiger partial charge in [-0.3, -0.25) is 0 Å². The van der Waals surface area contributed by atoms with E-state index >= 15 is 0 Å². The van der Waals surface area contributed by atoms with Crippen LogP contribution in [0, 0.1) is 36.5 Å². The molecule has 0 fully saturated rings. The lowest BCUT2D eigenvalue weighted by Crippen LogP contribution is -2.03. The van der Waals surface area contributed by atoms with E-state index in [1.807, 2.05) is 50.2 Å². The summed E-state index contributed by atoms with van der Waals surface area (Å²) in [5.74, 6) is 1.16. The average Bonchev–Trinajstić information content (AvgIpc) is 2.82. The molecular weight excluding hydrogens is 424 g/mol. The number of aromatic nitrogens is 2. The van der Waals surface area contributed by atoms with Crippen LogP contribution in [0.2, 0.25) is 0 Å². The van der Waals surface area contributed by atoms with Gasteiger partial charge in [-0.05, 0) is 60.4 Å². The number of para-hydroxylation sites is 1. The molecule has 3 N–H and O–H groups in total. The highest BCUT2D eigenvalue weighted by molar-refractivity contribution is 6.00. The maximum atomic E-state index is 9.22. The molecule has 0 aliphatic heterocycles. The van der Waals surface area contributed by atoms with E-state index in [0.717, 1.165) is 38.7 Å². The number of anilines is 3. The molecular formula is C27H22N6O. The van der Waals surface area contributed by atoms with Crippen molar-refractivity contribution in [3.8, 4) is 29.0 Å². The normalized spacial score (nSPS) is 10.7. The summed E-state index contributed by atoms with van der Waals surface area (Å²) in [6.07, 6.45) is 3.26. The minimum atomic E-state index is 0.341. The van der Waals surface area contributed by atoms with E-state index in [0.29, 0.717) is 28.8 Å². The topological polar surface area (TPSA) is 121 Å². The van der Waals surface area contributed by atoms with E-state index in [-0.39, 0.29) is 0 Å². The zero-order chi connectivity index (χ0) is 24.2. The number of benzene rings is 3. The van der Waals surface area contributed by atoms with E-state index in [9.17, 15) is 5.26 Å². The lowest BCUT2D eigenvalue weighted by Gasteiger charge is -2.15. The number of nitriles is 2. The Kier molecular flexibility index (Phi) is 6.11. The van der Waals surface area contributed by atoms with Crippen molar-refractivity contribution < 1.29 is 4.74 Å². The van der Waals surface area contributed by atoms with Gasteiger partial charge >= 0.3 is 0 Å². The van der Waals surface area contributed by atoms with Gasteiger partial charge in [-0.15, -0.1) is 0 Å². The SMILES string of the molecule is COc1cc(Nc2nc(N)c3cccc(-c4c(C)cc(C=CC#N)cc4C)c3n2)ccc1C#N. The second-order valence-electron chi connectivity index (χ2n) is 7.78. The first-order chi connectivity index (χ1) is 16.4. The number of hydrogen-bond acceptors (Lipinski definition) is 7. The number of ether oxygens (including phenoxy) is 1. The summed E-state index contributed by atoms with van der Waals surface area (Å²) >= 11 is 0. The van der Waals surface area contributed by atoms with Crippen LogP contribution >= 0.6 is 0 Å². The Morgan fingerprint density at radius 2 is 1.79 bits per heavy atom. The first-order valence-electron chi connectivity index (χ1n) is 10.5. The predicted octanol–water partition coefficient (Wildman–Crippen LogP) is 5.66. The number of hydrogen-bond donors (Lipinski definition) is 2. The predicted molar refractivity (Wildman–Crippen MR) is 134 cm³/mol. The maximum absolute atomic E-state index is 9.22. The Labute approximate surface area is 197 Å². The Bertz CT molecular complexity index is 1500. The minimum absolute atomic E-state index is 0.341. The number of allylic oxidation sites excluding steroid dienone is 1. The van der Waals surface area contributed by atoms with Gasteiger partial charge < -0.3 is 15.8 Å². The number of nitrogens with two attached hydrogens (primary N) is 1. The van der Waals surface area contributed by atoms with E-state index in [4.69, 9.17) is 20.7 Å². The first-order valence-corrected chi connectivity index (χ1v) is 10.5. The molecule has 0 atom stereocenters. The second kappa shape index (κ2) is 9.32. The van der Waals surface area contributed by atoms with Crippen molar-refractivity contribution >= 4 is 34.4 Å². The van der Waals surface area contributed by atoms with Gasteiger partial charge in [0.05, 0.1) is 24.3 Å². The van der Waals surface area contributed by atoms with Crippen LogP contribution in [0.15, 0.2) is 54.6 Å².